The number of amides is 2. The van der Waals surface area contributed by atoms with Gasteiger partial charge in [0, 0.05) is 12.6 Å². The molecular weight excluding hydrogens is 228 g/mol. The predicted molar refractivity (Wildman–Crippen MR) is 70.0 cm³/mol. The van der Waals surface area contributed by atoms with Gasteiger partial charge in [-0.25, -0.2) is 0 Å². The molecule has 4 nitrogen and oxygen atoms in total. The van der Waals surface area contributed by atoms with Crippen LogP contribution in [0, 0.1) is 5.41 Å². The summed E-state index contributed by atoms with van der Waals surface area (Å²) in [4.78, 5) is 25.1. The van der Waals surface area contributed by atoms with Crippen molar-refractivity contribution in [1.82, 2.24) is 10.2 Å². The van der Waals surface area contributed by atoms with E-state index in [0.29, 0.717) is 24.4 Å². The largest absolute Gasteiger partial charge is 0.303 e. The van der Waals surface area contributed by atoms with Gasteiger partial charge in [-0.1, -0.05) is 20.3 Å². The molecule has 0 aromatic rings. The Hall–Kier alpha value is -0.900. The van der Waals surface area contributed by atoms with Gasteiger partial charge in [-0.2, -0.15) is 0 Å². The van der Waals surface area contributed by atoms with Crippen LogP contribution in [0.4, 0.5) is 0 Å². The van der Waals surface area contributed by atoms with Crippen molar-refractivity contribution in [2.75, 3.05) is 6.54 Å². The molecular formula is C14H24N2O2. The van der Waals surface area contributed by atoms with Crippen molar-refractivity contribution < 1.29 is 9.59 Å². The molecule has 4 heteroatoms. The summed E-state index contributed by atoms with van der Waals surface area (Å²) in [6, 6.07) is 0.101. The van der Waals surface area contributed by atoms with Gasteiger partial charge in [0.15, 0.2) is 0 Å². The molecule has 1 saturated heterocycles. The molecule has 0 radical (unpaired) electrons. The van der Waals surface area contributed by atoms with Crippen LogP contribution in [0.3, 0.4) is 0 Å². The number of carbonyl (C=O) groups is 2. The van der Waals surface area contributed by atoms with Gasteiger partial charge in [0.05, 0.1) is 12.5 Å². The van der Waals surface area contributed by atoms with E-state index >= 15 is 0 Å². The number of hydrogen-bond donors (Lipinski definition) is 1. The minimum absolute atomic E-state index is 0.0323. The molecule has 18 heavy (non-hydrogen) atoms. The smallest absolute Gasteiger partial charge is 0.246 e. The van der Waals surface area contributed by atoms with Crippen LogP contribution >= 0.6 is 0 Å². The highest BCUT2D eigenvalue weighted by Crippen LogP contribution is 2.35. The van der Waals surface area contributed by atoms with Crippen molar-refractivity contribution in [3.8, 4) is 0 Å². The first-order valence-corrected chi connectivity index (χ1v) is 7.03. The van der Waals surface area contributed by atoms with E-state index in [-0.39, 0.29) is 17.9 Å². The Labute approximate surface area is 109 Å². The normalized spacial score (nSPS) is 32.1. The molecule has 1 N–H and O–H groups in total. The molecule has 2 aliphatic rings. The lowest BCUT2D eigenvalue weighted by Gasteiger charge is -2.36. The van der Waals surface area contributed by atoms with Crippen LogP contribution in [0.1, 0.15) is 52.9 Å². The van der Waals surface area contributed by atoms with Gasteiger partial charge in [-0.05, 0) is 31.6 Å². The molecule has 2 fully saturated rings. The quantitative estimate of drug-likeness (QED) is 0.778. The average molecular weight is 252 g/mol. The first kappa shape index (κ1) is 13.5. The summed E-state index contributed by atoms with van der Waals surface area (Å²) in [6.07, 6.45) is 5.01. The first-order chi connectivity index (χ1) is 8.43. The van der Waals surface area contributed by atoms with E-state index in [2.05, 4.69) is 19.2 Å². The summed E-state index contributed by atoms with van der Waals surface area (Å²) in [5, 5.41) is 3.41. The summed E-state index contributed by atoms with van der Waals surface area (Å²) in [6.45, 7) is 6.90. The molecule has 2 unspecified atom stereocenters. The summed E-state index contributed by atoms with van der Waals surface area (Å²) < 4.78 is 0. The second kappa shape index (κ2) is 5.00. The number of rotatable bonds is 3. The molecule has 0 spiro atoms. The fourth-order valence-corrected chi connectivity index (χ4v) is 3.27. The topological polar surface area (TPSA) is 49.4 Å². The van der Waals surface area contributed by atoms with Crippen molar-refractivity contribution in [2.45, 2.75) is 65.0 Å². The molecule has 2 rings (SSSR count). The third-order valence-corrected chi connectivity index (χ3v) is 4.20. The van der Waals surface area contributed by atoms with E-state index in [1.807, 2.05) is 6.92 Å². The Kier molecular flexibility index (Phi) is 3.76. The maximum atomic E-state index is 12.0. The molecule has 102 valence electrons. The van der Waals surface area contributed by atoms with E-state index < -0.39 is 0 Å². The summed E-state index contributed by atoms with van der Waals surface area (Å²) in [5.41, 5.74) is 0.353. The average Bonchev–Trinajstić information content (AvgIpc) is 2.52. The summed E-state index contributed by atoms with van der Waals surface area (Å²) >= 11 is 0. The van der Waals surface area contributed by atoms with Crippen molar-refractivity contribution in [3.63, 3.8) is 0 Å². The second-order valence-electron chi connectivity index (χ2n) is 6.36. The van der Waals surface area contributed by atoms with Gasteiger partial charge in [-0.15, -0.1) is 0 Å². The fraction of sp³-hybridized carbons (Fsp3) is 0.857. The van der Waals surface area contributed by atoms with Crippen LogP contribution in [0.5, 0.6) is 0 Å². The third kappa shape index (κ3) is 2.74. The maximum Gasteiger partial charge on any atom is 0.246 e. The van der Waals surface area contributed by atoms with Crippen LogP contribution in [-0.4, -0.2) is 35.3 Å². The van der Waals surface area contributed by atoms with E-state index in [4.69, 9.17) is 0 Å². The molecule has 1 aliphatic heterocycles. The Bertz CT molecular complexity index is 352. The van der Waals surface area contributed by atoms with E-state index in [1.165, 1.54) is 17.7 Å². The highest BCUT2D eigenvalue weighted by Gasteiger charge is 2.39. The van der Waals surface area contributed by atoms with Crippen LogP contribution in [0.25, 0.3) is 0 Å². The first-order valence-electron chi connectivity index (χ1n) is 7.03. The zero-order chi connectivity index (χ0) is 13.3. The van der Waals surface area contributed by atoms with Crippen LogP contribution in [-0.2, 0) is 9.59 Å². The SMILES string of the molecule is CCN1C(=O)CC(NC2CCCC(C)(C)C2)C1=O. The van der Waals surface area contributed by atoms with Crippen LogP contribution in [0.2, 0.25) is 0 Å². The number of hydrogen-bond acceptors (Lipinski definition) is 3. The van der Waals surface area contributed by atoms with Gasteiger partial charge in [0.25, 0.3) is 0 Å². The number of nitrogens with zero attached hydrogens (tertiary/aromatic N) is 1. The molecule has 0 aromatic carbocycles. The van der Waals surface area contributed by atoms with Gasteiger partial charge >= 0.3 is 0 Å². The Morgan fingerprint density at radius 2 is 2.11 bits per heavy atom. The molecule has 0 bridgehead atoms. The van der Waals surface area contributed by atoms with E-state index in [1.54, 1.807) is 0 Å². The van der Waals surface area contributed by atoms with E-state index in [9.17, 15) is 9.59 Å². The lowest BCUT2D eigenvalue weighted by molar-refractivity contribution is -0.138. The van der Waals surface area contributed by atoms with Gasteiger partial charge in [0.2, 0.25) is 11.8 Å². The Morgan fingerprint density at radius 3 is 2.67 bits per heavy atom. The zero-order valence-electron chi connectivity index (χ0n) is 11.7. The molecule has 0 aromatic heterocycles. The second-order valence-corrected chi connectivity index (χ2v) is 6.36. The molecule has 2 atom stereocenters. The maximum absolute atomic E-state index is 12.0. The highest BCUT2D eigenvalue weighted by molar-refractivity contribution is 6.05. The molecule has 2 amide bonds. The highest BCUT2D eigenvalue weighted by atomic mass is 16.2. The monoisotopic (exact) mass is 252 g/mol. The van der Waals surface area contributed by atoms with Gasteiger partial charge in [-0.3, -0.25) is 14.5 Å². The number of likely N-dealkylation sites (tertiary alicyclic amines) is 1. The number of carbonyl (C=O) groups excluding carboxylic acids is 2. The molecule has 1 aliphatic carbocycles. The molecule has 1 heterocycles. The summed E-state index contributed by atoms with van der Waals surface area (Å²) in [7, 11) is 0. The number of imide groups is 1. The Morgan fingerprint density at radius 1 is 1.39 bits per heavy atom. The van der Waals surface area contributed by atoms with Crippen molar-refractivity contribution in [3.05, 3.63) is 0 Å². The zero-order valence-corrected chi connectivity index (χ0v) is 11.7. The molecule has 1 saturated carbocycles. The lowest BCUT2D eigenvalue weighted by Crippen LogP contribution is -2.46. The number of likely N-dealkylation sites (N-methyl/N-ethyl adjacent to an activating group) is 1. The van der Waals surface area contributed by atoms with Crippen molar-refractivity contribution in [1.29, 1.82) is 0 Å². The lowest BCUT2D eigenvalue weighted by atomic mass is 9.75. The van der Waals surface area contributed by atoms with Crippen LogP contribution in [0.15, 0.2) is 0 Å². The Balaban J connectivity index is 1.94. The minimum atomic E-state index is -0.281. The van der Waals surface area contributed by atoms with Gasteiger partial charge < -0.3 is 5.32 Å². The summed E-state index contributed by atoms with van der Waals surface area (Å²) in [5.74, 6) is -0.0686. The van der Waals surface area contributed by atoms with Gasteiger partial charge in [0.1, 0.15) is 0 Å². The minimum Gasteiger partial charge on any atom is -0.303 e. The van der Waals surface area contributed by atoms with Crippen molar-refractivity contribution in [2.24, 2.45) is 5.41 Å². The number of nitrogens with one attached hydrogen (secondary N) is 1. The van der Waals surface area contributed by atoms with Crippen molar-refractivity contribution >= 4 is 11.8 Å². The van der Waals surface area contributed by atoms with E-state index in [0.717, 1.165) is 12.8 Å². The fourth-order valence-electron chi connectivity index (χ4n) is 3.27. The van der Waals surface area contributed by atoms with Crippen LogP contribution < -0.4 is 5.32 Å². The predicted octanol–water partition coefficient (Wildman–Crippen LogP) is 1.69. The third-order valence-electron chi connectivity index (χ3n) is 4.20. The standard InChI is InChI=1S/C14H24N2O2/c1-4-16-12(17)8-11(13(16)18)15-10-6-5-7-14(2,3)9-10/h10-11,15H,4-9H2,1-3H3.